The molecule has 3 aromatic rings. The fourth-order valence-corrected chi connectivity index (χ4v) is 4.14. The first-order valence-corrected chi connectivity index (χ1v) is 10.2. The van der Waals surface area contributed by atoms with Gasteiger partial charge in [0.05, 0.1) is 7.11 Å². The Morgan fingerprint density at radius 2 is 1.83 bits per heavy atom. The highest BCUT2D eigenvalue weighted by Gasteiger charge is 2.22. The minimum Gasteiger partial charge on any atom is -0.497 e. The zero-order valence-corrected chi connectivity index (χ0v) is 17.0. The molecule has 0 bridgehead atoms. The molecule has 0 aliphatic carbocycles. The van der Waals surface area contributed by atoms with E-state index < -0.39 is 0 Å². The highest BCUT2D eigenvalue weighted by molar-refractivity contribution is 5.84. The van der Waals surface area contributed by atoms with Crippen LogP contribution in [0.1, 0.15) is 5.56 Å². The molecule has 0 unspecified atom stereocenters. The molecule has 0 atom stereocenters. The van der Waals surface area contributed by atoms with Crippen molar-refractivity contribution in [2.24, 2.45) is 0 Å². The summed E-state index contributed by atoms with van der Waals surface area (Å²) in [5.41, 5.74) is 2.25. The van der Waals surface area contributed by atoms with E-state index in [-0.39, 0.29) is 5.91 Å². The minimum absolute atomic E-state index is 0.158. The molecule has 0 spiro atoms. The van der Waals surface area contributed by atoms with Gasteiger partial charge in [-0.05, 0) is 42.0 Å². The van der Waals surface area contributed by atoms with Crippen LogP contribution in [0.25, 0.3) is 10.9 Å². The molecule has 1 aromatic heterocycles. The molecule has 5 rings (SSSR count). The number of carbonyl (C=O) groups excluding carboxylic acids is 1. The maximum absolute atomic E-state index is 12.9. The Labute approximate surface area is 175 Å². The molecule has 2 aliphatic heterocycles. The van der Waals surface area contributed by atoms with Crippen LogP contribution >= 0.6 is 0 Å². The molecule has 1 amide bonds. The molecular formula is C23H25N3O4. The van der Waals surface area contributed by atoms with Crippen molar-refractivity contribution < 1.29 is 19.0 Å². The monoisotopic (exact) mass is 407 g/mol. The molecule has 1 fully saturated rings. The van der Waals surface area contributed by atoms with Crippen LogP contribution in [0.4, 0.5) is 0 Å². The largest absolute Gasteiger partial charge is 0.497 e. The zero-order valence-electron chi connectivity index (χ0n) is 17.0. The number of hydrogen-bond acceptors (Lipinski definition) is 5. The maximum Gasteiger partial charge on any atom is 0.242 e. The number of ether oxygens (including phenoxy) is 3. The molecule has 2 aromatic carbocycles. The molecule has 1 saturated heterocycles. The standard InChI is InChI=1S/C23H25N3O4/c1-28-19-3-4-20-18(13-19)6-7-26(20)15-23(27)25-10-8-24(9-11-25)14-17-2-5-21-22(12-17)30-16-29-21/h2-7,12-13H,8-11,14-16H2,1H3. The lowest BCUT2D eigenvalue weighted by Gasteiger charge is -2.35. The summed E-state index contributed by atoms with van der Waals surface area (Å²) >= 11 is 0. The van der Waals surface area contributed by atoms with Crippen molar-refractivity contribution >= 4 is 16.8 Å². The molecule has 3 heterocycles. The van der Waals surface area contributed by atoms with E-state index >= 15 is 0 Å². The first-order chi connectivity index (χ1) is 14.7. The molecule has 30 heavy (non-hydrogen) atoms. The van der Waals surface area contributed by atoms with Gasteiger partial charge in [-0.25, -0.2) is 0 Å². The number of amides is 1. The lowest BCUT2D eigenvalue weighted by atomic mass is 10.1. The Kier molecular flexibility index (Phi) is 4.96. The molecule has 2 aliphatic rings. The second-order valence-electron chi connectivity index (χ2n) is 7.71. The number of benzene rings is 2. The van der Waals surface area contributed by atoms with E-state index in [0.29, 0.717) is 13.3 Å². The van der Waals surface area contributed by atoms with Crippen LogP contribution in [0.3, 0.4) is 0 Å². The van der Waals surface area contributed by atoms with Crippen LogP contribution in [-0.2, 0) is 17.9 Å². The molecular weight excluding hydrogens is 382 g/mol. The molecule has 156 valence electrons. The number of fused-ring (bicyclic) bond motifs is 2. The van der Waals surface area contributed by atoms with Gasteiger partial charge in [0.1, 0.15) is 12.3 Å². The number of hydrogen-bond donors (Lipinski definition) is 0. The van der Waals surface area contributed by atoms with E-state index in [1.54, 1.807) is 7.11 Å². The average Bonchev–Trinajstić information content (AvgIpc) is 3.40. The molecule has 7 nitrogen and oxygen atoms in total. The van der Waals surface area contributed by atoms with E-state index in [1.807, 2.05) is 52.1 Å². The highest BCUT2D eigenvalue weighted by atomic mass is 16.7. The van der Waals surface area contributed by atoms with Crippen molar-refractivity contribution in [3.8, 4) is 17.2 Å². The van der Waals surface area contributed by atoms with Crippen molar-refractivity contribution in [1.82, 2.24) is 14.4 Å². The smallest absolute Gasteiger partial charge is 0.242 e. The Morgan fingerprint density at radius 1 is 1.00 bits per heavy atom. The lowest BCUT2D eigenvalue weighted by molar-refractivity contribution is -0.133. The fraction of sp³-hybridized carbons (Fsp3) is 0.348. The quantitative estimate of drug-likeness (QED) is 0.651. The van der Waals surface area contributed by atoms with Crippen LogP contribution in [0.5, 0.6) is 17.2 Å². The van der Waals surface area contributed by atoms with Crippen LogP contribution < -0.4 is 14.2 Å². The van der Waals surface area contributed by atoms with E-state index in [0.717, 1.165) is 60.9 Å². The SMILES string of the molecule is COc1ccc2c(ccn2CC(=O)N2CCN(Cc3ccc4c(c3)OCO4)CC2)c1. The van der Waals surface area contributed by atoms with Crippen LogP contribution in [-0.4, -0.2) is 60.4 Å². The molecule has 0 N–H and O–H groups in total. The van der Waals surface area contributed by atoms with Gasteiger partial charge < -0.3 is 23.7 Å². The van der Waals surface area contributed by atoms with Crippen molar-refractivity contribution in [3.05, 3.63) is 54.2 Å². The van der Waals surface area contributed by atoms with Gasteiger partial charge in [-0.3, -0.25) is 9.69 Å². The van der Waals surface area contributed by atoms with Crippen molar-refractivity contribution in [2.45, 2.75) is 13.1 Å². The van der Waals surface area contributed by atoms with Gasteiger partial charge >= 0.3 is 0 Å². The summed E-state index contributed by atoms with van der Waals surface area (Å²) in [6.07, 6.45) is 1.97. The second-order valence-corrected chi connectivity index (χ2v) is 7.71. The topological polar surface area (TPSA) is 56.2 Å². The van der Waals surface area contributed by atoms with E-state index in [4.69, 9.17) is 14.2 Å². The molecule has 0 saturated carbocycles. The van der Waals surface area contributed by atoms with Gasteiger partial charge in [-0.1, -0.05) is 6.07 Å². The molecule has 7 heteroatoms. The third kappa shape index (κ3) is 3.68. The summed E-state index contributed by atoms with van der Waals surface area (Å²) < 4.78 is 18.1. The average molecular weight is 407 g/mol. The summed E-state index contributed by atoms with van der Waals surface area (Å²) in [7, 11) is 1.66. The summed E-state index contributed by atoms with van der Waals surface area (Å²) in [6, 6.07) is 14.0. The second kappa shape index (κ2) is 7.91. The summed E-state index contributed by atoms with van der Waals surface area (Å²) in [6.45, 7) is 4.73. The number of aromatic nitrogens is 1. The number of carbonyl (C=O) groups is 1. The lowest BCUT2D eigenvalue weighted by Crippen LogP contribution is -2.49. The first-order valence-electron chi connectivity index (χ1n) is 10.2. The number of nitrogens with zero attached hydrogens (tertiary/aromatic N) is 3. The number of rotatable bonds is 5. The molecule has 0 radical (unpaired) electrons. The van der Waals surface area contributed by atoms with Gasteiger partial charge in [-0.2, -0.15) is 0 Å². The first kappa shape index (κ1) is 18.8. The van der Waals surface area contributed by atoms with Crippen LogP contribution in [0, 0.1) is 0 Å². The van der Waals surface area contributed by atoms with Gasteiger partial charge in [0, 0.05) is 49.8 Å². The van der Waals surface area contributed by atoms with E-state index in [2.05, 4.69) is 11.0 Å². The normalized spacial score (nSPS) is 16.2. The van der Waals surface area contributed by atoms with Crippen LogP contribution in [0.2, 0.25) is 0 Å². The Bertz CT molecular complexity index is 1070. The van der Waals surface area contributed by atoms with Crippen molar-refractivity contribution in [1.29, 1.82) is 0 Å². The van der Waals surface area contributed by atoms with Crippen molar-refractivity contribution in [2.75, 3.05) is 40.1 Å². The van der Waals surface area contributed by atoms with Gasteiger partial charge in [0.25, 0.3) is 0 Å². The van der Waals surface area contributed by atoms with Gasteiger partial charge in [-0.15, -0.1) is 0 Å². The van der Waals surface area contributed by atoms with Gasteiger partial charge in [0.15, 0.2) is 11.5 Å². The Morgan fingerprint density at radius 3 is 2.67 bits per heavy atom. The predicted molar refractivity (Wildman–Crippen MR) is 113 cm³/mol. The summed E-state index contributed by atoms with van der Waals surface area (Å²) in [5, 5.41) is 1.08. The summed E-state index contributed by atoms with van der Waals surface area (Å²) in [4.78, 5) is 17.2. The fourth-order valence-electron chi connectivity index (χ4n) is 4.14. The van der Waals surface area contributed by atoms with E-state index in [9.17, 15) is 4.79 Å². The van der Waals surface area contributed by atoms with Crippen LogP contribution in [0.15, 0.2) is 48.7 Å². The number of piperazine rings is 1. The third-order valence-electron chi connectivity index (χ3n) is 5.85. The zero-order chi connectivity index (χ0) is 20.5. The third-order valence-corrected chi connectivity index (χ3v) is 5.85. The Hall–Kier alpha value is -3.19. The number of methoxy groups -OCH3 is 1. The predicted octanol–water partition coefficient (Wildman–Crippen LogP) is 2.72. The summed E-state index contributed by atoms with van der Waals surface area (Å²) in [5.74, 6) is 2.61. The maximum atomic E-state index is 12.9. The van der Waals surface area contributed by atoms with E-state index in [1.165, 1.54) is 5.56 Å². The van der Waals surface area contributed by atoms with Gasteiger partial charge in [0.2, 0.25) is 12.7 Å². The minimum atomic E-state index is 0.158. The highest BCUT2D eigenvalue weighted by Crippen LogP contribution is 2.32. The Balaban J connectivity index is 1.17. The van der Waals surface area contributed by atoms with Crippen molar-refractivity contribution in [3.63, 3.8) is 0 Å².